The molecule has 31 heavy (non-hydrogen) atoms. The van der Waals surface area contributed by atoms with Crippen molar-refractivity contribution in [2.24, 2.45) is 5.92 Å². The first-order valence-corrected chi connectivity index (χ1v) is 11.4. The number of hydrogen-bond donors (Lipinski definition) is 0. The molecule has 6 nitrogen and oxygen atoms in total. The van der Waals surface area contributed by atoms with E-state index in [1.54, 1.807) is 10.6 Å². The molecule has 1 atom stereocenters. The summed E-state index contributed by atoms with van der Waals surface area (Å²) in [5.74, 6) is -0.00969. The van der Waals surface area contributed by atoms with E-state index in [2.05, 4.69) is 0 Å². The molecule has 0 bridgehead atoms. The molecule has 6 heteroatoms. The number of rotatable bonds is 4. The normalized spacial score (nSPS) is 21.5. The Bertz CT molecular complexity index is 1040. The summed E-state index contributed by atoms with van der Waals surface area (Å²) in [6.07, 6.45) is 7.45. The molecule has 162 valence electrons. The topological polar surface area (TPSA) is 62.6 Å². The van der Waals surface area contributed by atoms with Crippen LogP contribution in [-0.2, 0) is 29.1 Å². The molecule has 5 rings (SSSR count). The largest absolute Gasteiger partial charge is 0.339 e. The van der Waals surface area contributed by atoms with Crippen molar-refractivity contribution in [3.63, 3.8) is 0 Å². The van der Waals surface area contributed by atoms with Crippen molar-refractivity contribution in [3.05, 3.63) is 69.6 Å². The number of pyridine rings is 1. The van der Waals surface area contributed by atoms with E-state index in [0.29, 0.717) is 45.1 Å². The minimum Gasteiger partial charge on any atom is -0.339 e. The van der Waals surface area contributed by atoms with Gasteiger partial charge in [-0.15, -0.1) is 0 Å². The van der Waals surface area contributed by atoms with Crippen LogP contribution in [0.3, 0.4) is 0 Å². The molecule has 2 fully saturated rings. The van der Waals surface area contributed by atoms with Gasteiger partial charge in [-0.05, 0) is 36.0 Å². The zero-order valence-electron chi connectivity index (χ0n) is 17.8. The SMILES string of the molecule is O=C(C1CC(=O)N(C2CCCC2)C1)N1CCc2cc(=O)n(Cc3ccccc3)cc2C1. The Balaban J connectivity index is 1.29. The third-order valence-corrected chi connectivity index (χ3v) is 7.10. The number of carbonyl (C=O) groups is 2. The number of fused-ring (bicyclic) bond motifs is 1. The Morgan fingerprint density at radius 1 is 1.03 bits per heavy atom. The summed E-state index contributed by atoms with van der Waals surface area (Å²) in [7, 11) is 0. The number of hydrogen-bond acceptors (Lipinski definition) is 3. The summed E-state index contributed by atoms with van der Waals surface area (Å²) >= 11 is 0. The predicted octanol–water partition coefficient (Wildman–Crippen LogP) is 2.57. The molecule has 2 aliphatic heterocycles. The van der Waals surface area contributed by atoms with Crippen LogP contribution in [0.5, 0.6) is 0 Å². The number of carbonyl (C=O) groups excluding carboxylic acids is 2. The van der Waals surface area contributed by atoms with Crippen LogP contribution >= 0.6 is 0 Å². The van der Waals surface area contributed by atoms with Crippen LogP contribution in [-0.4, -0.2) is 45.3 Å². The van der Waals surface area contributed by atoms with Crippen LogP contribution in [0.4, 0.5) is 0 Å². The molecule has 0 spiro atoms. The second kappa shape index (κ2) is 8.33. The van der Waals surface area contributed by atoms with Gasteiger partial charge in [0.05, 0.1) is 12.5 Å². The van der Waals surface area contributed by atoms with Gasteiger partial charge in [-0.1, -0.05) is 43.2 Å². The second-order valence-corrected chi connectivity index (χ2v) is 9.17. The average Bonchev–Trinajstić information content (AvgIpc) is 3.44. The molecule has 2 aromatic rings. The molecule has 1 unspecified atom stereocenters. The van der Waals surface area contributed by atoms with Gasteiger partial charge in [0.2, 0.25) is 11.8 Å². The van der Waals surface area contributed by atoms with Crippen LogP contribution in [0.2, 0.25) is 0 Å². The molecule has 0 N–H and O–H groups in total. The van der Waals surface area contributed by atoms with E-state index in [9.17, 15) is 14.4 Å². The first-order valence-electron chi connectivity index (χ1n) is 11.4. The van der Waals surface area contributed by atoms with Gasteiger partial charge in [-0.25, -0.2) is 0 Å². The third kappa shape index (κ3) is 4.03. The standard InChI is InChI=1S/C25H29N3O3/c29-23-12-19-10-11-26(15-21(19)16-27(23)14-18-6-2-1-3-7-18)25(31)20-13-24(30)28(17-20)22-8-4-5-9-22/h1-3,6-7,12,16,20,22H,4-5,8-11,13-15,17H2. The van der Waals surface area contributed by atoms with Crippen molar-refractivity contribution in [2.75, 3.05) is 13.1 Å². The van der Waals surface area contributed by atoms with Crippen LogP contribution < -0.4 is 5.56 Å². The predicted molar refractivity (Wildman–Crippen MR) is 117 cm³/mol. The lowest BCUT2D eigenvalue weighted by Gasteiger charge is -2.31. The maximum absolute atomic E-state index is 13.2. The zero-order chi connectivity index (χ0) is 21.4. The zero-order valence-corrected chi connectivity index (χ0v) is 17.8. The molecule has 1 aromatic carbocycles. The summed E-state index contributed by atoms with van der Waals surface area (Å²) < 4.78 is 1.73. The van der Waals surface area contributed by atoms with E-state index in [1.165, 1.54) is 12.8 Å². The van der Waals surface area contributed by atoms with Crippen molar-refractivity contribution in [1.29, 1.82) is 0 Å². The Hall–Kier alpha value is -2.89. The fourth-order valence-electron chi connectivity index (χ4n) is 5.39. The first-order chi connectivity index (χ1) is 15.1. The molecule has 1 saturated heterocycles. The van der Waals surface area contributed by atoms with E-state index in [1.807, 2.05) is 46.3 Å². The molecule has 3 heterocycles. The maximum Gasteiger partial charge on any atom is 0.251 e. The van der Waals surface area contributed by atoms with E-state index in [-0.39, 0.29) is 23.3 Å². The van der Waals surface area contributed by atoms with Gasteiger partial charge in [0, 0.05) is 44.4 Å². The number of likely N-dealkylation sites (tertiary alicyclic amines) is 1. The lowest BCUT2D eigenvalue weighted by molar-refractivity contribution is -0.136. The quantitative estimate of drug-likeness (QED) is 0.765. The third-order valence-electron chi connectivity index (χ3n) is 7.10. The minimum absolute atomic E-state index is 0.00373. The minimum atomic E-state index is -0.232. The van der Waals surface area contributed by atoms with Crippen LogP contribution in [0, 0.1) is 5.92 Å². The van der Waals surface area contributed by atoms with Crippen molar-refractivity contribution >= 4 is 11.8 Å². The van der Waals surface area contributed by atoms with E-state index < -0.39 is 0 Å². The van der Waals surface area contributed by atoms with E-state index in [0.717, 1.165) is 29.5 Å². The van der Waals surface area contributed by atoms with Gasteiger partial charge in [0.25, 0.3) is 5.56 Å². The molecule has 3 aliphatic rings. The van der Waals surface area contributed by atoms with Crippen molar-refractivity contribution < 1.29 is 9.59 Å². The highest BCUT2D eigenvalue weighted by Crippen LogP contribution is 2.31. The highest BCUT2D eigenvalue weighted by Gasteiger charge is 2.40. The summed E-state index contributed by atoms with van der Waals surface area (Å²) in [4.78, 5) is 42.2. The smallest absolute Gasteiger partial charge is 0.251 e. The van der Waals surface area contributed by atoms with Crippen molar-refractivity contribution in [1.82, 2.24) is 14.4 Å². The number of amides is 2. The van der Waals surface area contributed by atoms with Crippen LogP contribution in [0.15, 0.2) is 47.4 Å². The average molecular weight is 420 g/mol. The highest BCUT2D eigenvalue weighted by atomic mass is 16.2. The molecular formula is C25H29N3O3. The molecule has 2 amide bonds. The Morgan fingerprint density at radius 2 is 1.81 bits per heavy atom. The van der Waals surface area contributed by atoms with Gasteiger partial charge in [-0.3, -0.25) is 14.4 Å². The van der Waals surface area contributed by atoms with Gasteiger partial charge in [0.15, 0.2) is 0 Å². The summed E-state index contributed by atoms with van der Waals surface area (Å²) in [5.41, 5.74) is 3.14. The Labute approximate surface area is 182 Å². The number of benzene rings is 1. The Morgan fingerprint density at radius 3 is 2.58 bits per heavy atom. The van der Waals surface area contributed by atoms with E-state index >= 15 is 0 Å². The summed E-state index contributed by atoms with van der Waals surface area (Å²) in [5, 5.41) is 0. The van der Waals surface area contributed by atoms with Crippen molar-refractivity contribution in [3.8, 4) is 0 Å². The number of aromatic nitrogens is 1. The lowest BCUT2D eigenvalue weighted by atomic mass is 9.99. The second-order valence-electron chi connectivity index (χ2n) is 9.17. The fourth-order valence-corrected chi connectivity index (χ4v) is 5.39. The van der Waals surface area contributed by atoms with Crippen LogP contribution in [0.25, 0.3) is 0 Å². The first kappa shape index (κ1) is 20.0. The van der Waals surface area contributed by atoms with Gasteiger partial charge in [0.1, 0.15) is 0 Å². The molecular weight excluding hydrogens is 390 g/mol. The van der Waals surface area contributed by atoms with Gasteiger partial charge >= 0.3 is 0 Å². The maximum atomic E-state index is 13.2. The monoisotopic (exact) mass is 419 g/mol. The van der Waals surface area contributed by atoms with Crippen LogP contribution in [0.1, 0.15) is 48.8 Å². The molecule has 1 saturated carbocycles. The van der Waals surface area contributed by atoms with Gasteiger partial charge < -0.3 is 14.4 Å². The fraction of sp³-hybridized carbons (Fsp3) is 0.480. The van der Waals surface area contributed by atoms with Crippen molar-refractivity contribution in [2.45, 2.75) is 57.7 Å². The van der Waals surface area contributed by atoms with Gasteiger partial charge in [-0.2, -0.15) is 0 Å². The summed E-state index contributed by atoms with van der Waals surface area (Å²) in [6.45, 7) is 2.22. The molecule has 0 radical (unpaired) electrons. The number of nitrogens with zero attached hydrogens (tertiary/aromatic N) is 3. The Kier molecular flexibility index (Phi) is 5.38. The lowest BCUT2D eigenvalue weighted by Crippen LogP contribution is -2.42. The highest BCUT2D eigenvalue weighted by molar-refractivity contribution is 5.89. The molecule has 1 aliphatic carbocycles. The summed E-state index contributed by atoms with van der Waals surface area (Å²) in [6, 6.07) is 12.0. The van der Waals surface area contributed by atoms with E-state index in [4.69, 9.17) is 0 Å². The molecule has 1 aromatic heterocycles.